The highest BCUT2D eigenvalue weighted by molar-refractivity contribution is 5.99. The van der Waals surface area contributed by atoms with Gasteiger partial charge in [-0.3, -0.25) is 4.79 Å². The van der Waals surface area contributed by atoms with Gasteiger partial charge in [0.2, 0.25) is 5.91 Å². The number of hydrogen-bond acceptors (Lipinski definition) is 3. The van der Waals surface area contributed by atoms with E-state index < -0.39 is 5.91 Å². The monoisotopic (exact) mass is 328 g/mol. The summed E-state index contributed by atoms with van der Waals surface area (Å²) in [4.78, 5) is 11.5. The van der Waals surface area contributed by atoms with Crippen LogP contribution in [-0.2, 0) is 6.54 Å². The van der Waals surface area contributed by atoms with Gasteiger partial charge in [-0.05, 0) is 49.2 Å². The number of aryl methyl sites for hydroxylation is 1. The van der Waals surface area contributed by atoms with Gasteiger partial charge in [-0.1, -0.05) is 12.0 Å². The first kappa shape index (κ1) is 16.2. The first-order valence-electron chi connectivity index (χ1n) is 7.79. The Bertz CT molecular complexity index is 1070. The van der Waals surface area contributed by atoms with Crippen LogP contribution in [0.4, 0.5) is 5.69 Å². The lowest BCUT2D eigenvalue weighted by molar-refractivity contribution is 0.100. The molecule has 0 atom stereocenters. The largest absolute Gasteiger partial charge is 0.399 e. The third kappa shape index (κ3) is 2.91. The van der Waals surface area contributed by atoms with E-state index >= 15 is 0 Å². The molecule has 0 saturated carbocycles. The maximum Gasteiger partial charge on any atom is 0.248 e. The van der Waals surface area contributed by atoms with Gasteiger partial charge in [0.1, 0.15) is 11.8 Å². The summed E-state index contributed by atoms with van der Waals surface area (Å²) in [6.07, 6.45) is 0. The molecule has 0 aliphatic rings. The highest BCUT2D eigenvalue weighted by Gasteiger charge is 2.16. The normalized spacial score (nSPS) is 10.1. The number of benzene rings is 2. The molecule has 0 unspecified atom stereocenters. The molecule has 1 heterocycles. The summed E-state index contributed by atoms with van der Waals surface area (Å²) in [5.41, 5.74) is 14.8. The number of aromatic nitrogens is 1. The van der Waals surface area contributed by atoms with Gasteiger partial charge in [0.25, 0.3) is 0 Å². The summed E-state index contributed by atoms with van der Waals surface area (Å²) < 4.78 is 1.92. The third-order valence-corrected chi connectivity index (χ3v) is 4.01. The molecule has 3 aromatic rings. The van der Waals surface area contributed by atoms with E-state index in [1.807, 2.05) is 23.6 Å². The van der Waals surface area contributed by atoms with Crippen LogP contribution in [0.1, 0.15) is 34.1 Å². The maximum absolute atomic E-state index is 11.5. The topological polar surface area (TPSA) is 97.8 Å². The molecule has 1 amide bonds. The standard InChI is InChI=1S/C20H16N4O/c1-2-24-18(10-5-13-3-7-15(22)8-4-13)17(12-21)16-9-6-14(20(23)25)11-19(16)24/h3-4,6-9,11H,2,22H2,1H3,(H2,23,25). The van der Waals surface area contributed by atoms with E-state index in [0.29, 0.717) is 29.1 Å². The molecule has 5 heteroatoms. The van der Waals surface area contributed by atoms with Crippen molar-refractivity contribution in [1.82, 2.24) is 4.57 Å². The second-order valence-corrected chi connectivity index (χ2v) is 5.55. The highest BCUT2D eigenvalue weighted by atomic mass is 16.1. The number of carbonyl (C=O) groups excluding carboxylic acids is 1. The van der Waals surface area contributed by atoms with Crippen LogP contribution in [0.5, 0.6) is 0 Å². The lowest BCUT2D eigenvalue weighted by Crippen LogP contribution is -2.10. The van der Waals surface area contributed by atoms with E-state index in [2.05, 4.69) is 17.9 Å². The molecule has 122 valence electrons. The maximum atomic E-state index is 11.5. The minimum absolute atomic E-state index is 0.405. The summed E-state index contributed by atoms with van der Waals surface area (Å²) in [6.45, 7) is 2.58. The van der Waals surface area contributed by atoms with E-state index in [1.54, 1.807) is 30.3 Å². The Morgan fingerprint density at radius 2 is 1.88 bits per heavy atom. The number of nitriles is 1. The van der Waals surface area contributed by atoms with E-state index in [0.717, 1.165) is 16.5 Å². The smallest absolute Gasteiger partial charge is 0.248 e. The number of rotatable bonds is 2. The van der Waals surface area contributed by atoms with Crippen molar-refractivity contribution in [3.63, 3.8) is 0 Å². The van der Waals surface area contributed by atoms with Crippen molar-refractivity contribution in [3.8, 4) is 17.9 Å². The average molecular weight is 328 g/mol. The first-order chi connectivity index (χ1) is 12.0. The molecule has 0 bridgehead atoms. The van der Waals surface area contributed by atoms with Crippen molar-refractivity contribution in [2.75, 3.05) is 5.73 Å². The second-order valence-electron chi connectivity index (χ2n) is 5.55. The molecule has 0 fully saturated rings. The second kappa shape index (κ2) is 6.43. The van der Waals surface area contributed by atoms with Crippen LogP contribution in [0.2, 0.25) is 0 Å². The van der Waals surface area contributed by atoms with Crippen molar-refractivity contribution in [3.05, 3.63) is 64.8 Å². The molecule has 0 aliphatic carbocycles. The van der Waals surface area contributed by atoms with Crippen molar-refractivity contribution < 1.29 is 4.79 Å². The third-order valence-electron chi connectivity index (χ3n) is 4.01. The summed E-state index contributed by atoms with van der Waals surface area (Å²) >= 11 is 0. The van der Waals surface area contributed by atoms with Gasteiger partial charge in [0.15, 0.2) is 0 Å². The van der Waals surface area contributed by atoms with Gasteiger partial charge in [-0.25, -0.2) is 0 Å². The van der Waals surface area contributed by atoms with Gasteiger partial charge in [0, 0.05) is 28.7 Å². The van der Waals surface area contributed by atoms with E-state index in [9.17, 15) is 10.1 Å². The molecular formula is C20H16N4O. The number of hydrogen-bond donors (Lipinski definition) is 2. The van der Waals surface area contributed by atoms with Gasteiger partial charge >= 0.3 is 0 Å². The van der Waals surface area contributed by atoms with Crippen LogP contribution in [0.3, 0.4) is 0 Å². The van der Waals surface area contributed by atoms with Crippen LogP contribution in [0.15, 0.2) is 42.5 Å². The van der Waals surface area contributed by atoms with E-state index in [-0.39, 0.29) is 0 Å². The summed E-state index contributed by atoms with van der Waals surface area (Å²) in [5.74, 6) is 5.66. The number of nitrogens with zero attached hydrogens (tertiary/aromatic N) is 2. The lowest BCUT2D eigenvalue weighted by Gasteiger charge is -2.04. The van der Waals surface area contributed by atoms with Crippen molar-refractivity contribution >= 4 is 22.5 Å². The number of fused-ring (bicyclic) bond motifs is 1. The molecule has 0 spiro atoms. The summed E-state index contributed by atoms with van der Waals surface area (Å²) in [7, 11) is 0. The van der Waals surface area contributed by atoms with Gasteiger partial charge < -0.3 is 16.0 Å². The molecule has 5 nitrogen and oxygen atoms in total. The highest BCUT2D eigenvalue weighted by Crippen LogP contribution is 2.26. The fourth-order valence-corrected chi connectivity index (χ4v) is 2.77. The number of carbonyl (C=O) groups is 1. The zero-order chi connectivity index (χ0) is 18.0. The van der Waals surface area contributed by atoms with Gasteiger partial charge in [-0.2, -0.15) is 5.26 Å². The molecule has 0 saturated heterocycles. The minimum atomic E-state index is -0.501. The first-order valence-corrected chi connectivity index (χ1v) is 7.79. The molecule has 3 rings (SSSR count). The number of nitrogens with two attached hydrogens (primary N) is 2. The predicted molar refractivity (Wildman–Crippen MR) is 97.7 cm³/mol. The lowest BCUT2D eigenvalue weighted by atomic mass is 10.1. The zero-order valence-corrected chi connectivity index (χ0v) is 13.7. The van der Waals surface area contributed by atoms with Crippen LogP contribution in [-0.4, -0.2) is 10.5 Å². The molecule has 2 aromatic carbocycles. The molecule has 1 aromatic heterocycles. The Hall–Kier alpha value is -3.70. The van der Waals surface area contributed by atoms with Crippen LogP contribution in [0, 0.1) is 23.2 Å². The fraction of sp³-hybridized carbons (Fsp3) is 0.100. The van der Waals surface area contributed by atoms with E-state index in [4.69, 9.17) is 11.5 Å². The van der Waals surface area contributed by atoms with Gasteiger partial charge in [0.05, 0.1) is 11.1 Å². The Morgan fingerprint density at radius 1 is 1.16 bits per heavy atom. The minimum Gasteiger partial charge on any atom is -0.399 e. The Balaban J connectivity index is 2.22. The van der Waals surface area contributed by atoms with Gasteiger partial charge in [-0.15, -0.1) is 0 Å². The van der Waals surface area contributed by atoms with Crippen molar-refractivity contribution in [2.45, 2.75) is 13.5 Å². The zero-order valence-electron chi connectivity index (χ0n) is 13.7. The Kier molecular flexibility index (Phi) is 4.16. The molecule has 25 heavy (non-hydrogen) atoms. The summed E-state index contributed by atoms with van der Waals surface area (Å²) in [6, 6.07) is 14.5. The molecular weight excluding hydrogens is 312 g/mol. The molecule has 0 aliphatic heterocycles. The quantitative estimate of drug-likeness (QED) is 0.559. The predicted octanol–water partition coefficient (Wildman–Crippen LogP) is 2.61. The SMILES string of the molecule is CCn1c(C#Cc2ccc(N)cc2)c(C#N)c2ccc(C(N)=O)cc21. The summed E-state index contributed by atoms with van der Waals surface area (Å²) in [5, 5.41) is 10.4. The van der Waals surface area contributed by atoms with Crippen LogP contribution >= 0.6 is 0 Å². The number of primary amides is 1. The Labute approximate surface area is 145 Å². The molecule has 4 N–H and O–H groups in total. The van der Waals surface area contributed by atoms with Crippen LogP contribution < -0.4 is 11.5 Å². The fourth-order valence-electron chi connectivity index (χ4n) is 2.77. The van der Waals surface area contributed by atoms with Crippen molar-refractivity contribution in [2.24, 2.45) is 5.73 Å². The number of amides is 1. The van der Waals surface area contributed by atoms with Crippen LogP contribution in [0.25, 0.3) is 10.9 Å². The molecule has 0 radical (unpaired) electrons. The Morgan fingerprint density at radius 3 is 2.48 bits per heavy atom. The average Bonchev–Trinajstić information content (AvgIpc) is 2.92. The van der Waals surface area contributed by atoms with Crippen molar-refractivity contribution in [1.29, 1.82) is 5.26 Å². The number of anilines is 1. The number of nitrogen functional groups attached to an aromatic ring is 1. The van der Waals surface area contributed by atoms with E-state index in [1.165, 1.54) is 0 Å².